The van der Waals surface area contributed by atoms with Gasteiger partial charge < -0.3 is 19.6 Å². The third-order valence-corrected chi connectivity index (χ3v) is 2.85. The van der Waals surface area contributed by atoms with Gasteiger partial charge in [-0.15, -0.1) is 0 Å². The van der Waals surface area contributed by atoms with E-state index in [-0.39, 0.29) is 0 Å². The first kappa shape index (κ1) is 11.6. The van der Waals surface area contributed by atoms with E-state index in [1.807, 2.05) is 19.1 Å². The zero-order chi connectivity index (χ0) is 11.4. The fourth-order valence-corrected chi connectivity index (χ4v) is 1.91. The molecular formula is C12H19NO3. The first-order valence-electron chi connectivity index (χ1n) is 5.81. The van der Waals surface area contributed by atoms with Crippen LogP contribution in [0.3, 0.4) is 0 Å². The number of aliphatic hydroxyl groups excluding tert-OH is 1. The lowest BCUT2D eigenvalue weighted by molar-refractivity contribution is 0.0617. The third-order valence-electron chi connectivity index (χ3n) is 2.85. The number of aryl methyl sites for hydroxylation is 1. The van der Waals surface area contributed by atoms with Crippen LogP contribution in [0.1, 0.15) is 30.5 Å². The highest BCUT2D eigenvalue weighted by atomic mass is 16.5. The molecule has 2 unspecified atom stereocenters. The van der Waals surface area contributed by atoms with E-state index in [9.17, 15) is 5.11 Å². The highest BCUT2D eigenvalue weighted by Crippen LogP contribution is 2.16. The number of hydrogen-bond donors (Lipinski definition) is 2. The molecule has 90 valence electrons. The van der Waals surface area contributed by atoms with Crippen LogP contribution >= 0.6 is 0 Å². The Bertz CT molecular complexity index is 318. The van der Waals surface area contributed by atoms with Crippen molar-refractivity contribution in [3.63, 3.8) is 0 Å². The predicted octanol–water partition coefficient (Wildman–Crippen LogP) is 1.39. The normalized spacial score (nSPS) is 23.2. The topological polar surface area (TPSA) is 54.6 Å². The smallest absolute Gasteiger partial charge is 0.133 e. The Balaban J connectivity index is 1.76. The van der Waals surface area contributed by atoms with Crippen molar-refractivity contribution in [1.82, 2.24) is 5.32 Å². The second-order valence-electron chi connectivity index (χ2n) is 4.29. The van der Waals surface area contributed by atoms with Crippen molar-refractivity contribution in [2.45, 2.75) is 31.9 Å². The zero-order valence-electron chi connectivity index (χ0n) is 9.61. The van der Waals surface area contributed by atoms with E-state index >= 15 is 0 Å². The molecule has 4 nitrogen and oxygen atoms in total. The number of furan rings is 1. The quantitative estimate of drug-likeness (QED) is 0.813. The predicted molar refractivity (Wildman–Crippen MR) is 60.2 cm³/mol. The first-order valence-corrected chi connectivity index (χ1v) is 5.81. The van der Waals surface area contributed by atoms with Crippen LogP contribution in [0, 0.1) is 6.92 Å². The first-order chi connectivity index (χ1) is 7.75. The van der Waals surface area contributed by atoms with Crippen molar-refractivity contribution >= 4 is 0 Å². The SMILES string of the molecule is Cc1ccc(C(O)CNC2CCCOC2)o1. The van der Waals surface area contributed by atoms with Gasteiger partial charge in [0.05, 0.1) is 6.61 Å². The summed E-state index contributed by atoms with van der Waals surface area (Å²) in [6.45, 7) is 3.99. The Kier molecular flexibility index (Phi) is 3.98. The summed E-state index contributed by atoms with van der Waals surface area (Å²) < 4.78 is 10.7. The van der Waals surface area contributed by atoms with Crippen LogP contribution < -0.4 is 5.32 Å². The molecule has 1 saturated heterocycles. The summed E-state index contributed by atoms with van der Waals surface area (Å²) in [5, 5.41) is 13.2. The van der Waals surface area contributed by atoms with E-state index in [2.05, 4.69) is 5.32 Å². The highest BCUT2D eigenvalue weighted by Gasteiger charge is 2.16. The molecule has 1 aliphatic rings. The van der Waals surface area contributed by atoms with Crippen molar-refractivity contribution < 1.29 is 14.3 Å². The molecule has 16 heavy (non-hydrogen) atoms. The summed E-state index contributed by atoms with van der Waals surface area (Å²) in [5.41, 5.74) is 0. The molecule has 1 aliphatic heterocycles. The number of nitrogens with one attached hydrogen (secondary N) is 1. The molecule has 2 N–H and O–H groups in total. The van der Waals surface area contributed by atoms with Crippen molar-refractivity contribution in [2.24, 2.45) is 0 Å². The molecule has 0 amide bonds. The van der Waals surface area contributed by atoms with Gasteiger partial charge in [0.15, 0.2) is 0 Å². The molecule has 0 aromatic carbocycles. The Labute approximate surface area is 95.6 Å². The van der Waals surface area contributed by atoms with Crippen LogP contribution in [-0.4, -0.2) is 30.9 Å². The largest absolute Gasteiger partial charge is 0.464 e. The minimum Gasteiger partial charge on any atom is -0.464 e. The Morgan fingerprint density at radius 3 is 3.06 bits per heavy atom. The summed E-state index contributed by atoms with van der Waals surface area (Å²) in [7, 11) is 0. The van der Waals surface area contributed by atoms with Gasteiger partial charge in [0, 0.05) is 19.2 Å². The molecule has 0 bridgehead atoms. The van der Waals surface area contributed by atoms with Crippen molar-refractivity contribution in [1.29, 1.82) is 0 Å². The van der Waals surface area contributed by atoms with Crippen LogP contribution in [0.5, 0.6) is 0 Å². The van der Waals surface area contributed by atoms with Crippen molar-refractivity contribution in [3.05, 3.63) is 23.7 Å². The average molecular weight is 225 g/mol. The lowest BCUT2D eigenvalue weighted by Crippen LogP contribution is -2.38. The molecule has 1 aromatic heterocycles. The van der Waals surface area contributed by atoms with E-state index < -0.39 is 6.10 Å². The molecular weight excluding hydrogens is 206 g/mol. The molecule has 2 heterocycles. The van der Waals surface area contributed by atoms with Gasteiger partial charge in [0.25, 0.3) is 0 Å². The summed E-state index contributed by atoms with van der Waals surface area (Å²) >= 11 is 0. The number of rotatable bonds is 4. The lowest BCUT2D eigenvalue weighted by Gasteiger charge is -2.24. The summed E-state index contributed by atoms with van der Waals surface area (Å²) in [4.78, 5) is 0. The van der Waals surface area contributed by atoms with Crippen LogP contribution in [0.25, 0.3) is 0 Å². The van der Waals surface area contributed by atoms with Gasteiger partial charge in [-0.2, -0.15) is 0 Å². The van der Waals surface area contributed by atoms with Crippen LogP contribution in [0.4, 0.5) is 0 Å². The second-order valence-corrected chi connectivity index (χ2v) is 4.29. The maximum Gasteiger partial charge on any atom is 0.133 e. The number of hydrogen-bond acceptors (Lipinski definition) is 4. The lowest BCUT2D eigenvalue weighted by atomic mass is 10.1. The Morgan fingerprint density at radius 2 is 2.44 bits per heavy atom. The summed E-state index contributed by atoms with van der Waals surface area (Å²) in [5.74, 6) is 1.46. The maximum absolute atomic E-state index is 9.87. The van der Waals surface area contributed by atoms with Crippen molar-refractivity contribution in [3.8, 4) is 0 Å². The van der Waals surface area contributed by atoms with E-state index in [0.29, 0.717) is 18.3 Å². The molecule has 0 radical (unpaired) electrons. The van der Waals surface area contributed by atoms with Gasteiger partial charge in [0.1, 0.15) is 17.6 Å². The fraction of sp³-hybridized carbons (Fsp3) is 0.667. The molecule has 2 atom stereocenters. The van der Waals surface area contributed by atoms with Gasteiger partial charge in [-0.25, -0.2) is 0 Å². The average Bonchev–Trinajstić information content (AvgIpc) is 2.74. The van der Waals surface area contributed by atoms with Gasteiger partial charge in [-0.3, -0.25) is 0 Å². The Hall–Kier alpha value is -0.840. The molecule has 0 aliphatic carbocycles. The monoisotopic (exact) mass is 225 g/mol. The maximum atomic E-state index is 9.87. The van der Waals surface area contributed by atoms with Crippen molar-refractivity contribution in [2.75, 3.05) is 19.8 Å². The molecule has 0 spiro atoms. The number of ether oxygens (including phenoxy) is 1. The molecule has 4 heteroatoms. The summed E-state index contributed by atoms with van der Waals surface area (Å²) in [6, 6.07) is 4.04. The van der Waals surface area contributed by atoms with E-state index in [1.165, 1.54) is 0 Å². The fourth-order valence-electron chi connectivity index (χ4n) is 1.91. The third kappa shape index (κ3) is 3.07. The van der Waals surface area contributed by atoms with E-state index in [0.717, 1.165) is 31.8 Å². The molecule has 1 aromatic rings. The van der Waals surface area contributed by atoms with Gasteiger partial charge in [0.2, 0.25) is 0 Å². The van der Waals surface area contributed by atoms with Crippen LogP contribution in [0.2, 0.25) is 0 Å². The van der Waals surface area contributed by atoms with Gasteiger partial charge in [-0.05, 0) is 31.9 Å². The minimum atomic E-state index is -0.573. The highest BCUT2D eigenvalue weighted by molar-refractivity contribution is 5.08. The Morgan fingerprint density at radius 1 is 1.56 bits per heavy atom. The second kappa shape index (κ2) is 5.48. The van der Waals surface area contributed by atoms with Gasteiger partial charge in [-0.1, -0.05) is 0 Å². The molecule has 0 saturated carbocycles. The zero-order valence-corrected chi connectivity index (χ0v) is 9.61. The molecule has 1 fully saturated rings. The number of aliphatic hydroxyl groups is 1. The van der Waals surface area contributed by atoms with Crippen LogP contribution in [-0.2, 0) is 4.74 Å². The van der Waals surface area contributed by atoms with E-state index in [1.54, 1.807) is 0 Å². The summed E-state index contributed by atoms with van der Waals surface area (Å²) in [6.07, 6.45) is 1.63. The van der Waals surface area contributed by atoms with E-state index in [4.69, 9.17) is 9.15 Å². The minimum absolute atomic E-state index is 0.361. The van der Waals surface area contributed by atoms with Gasteiger partial charge >= 0.3 is 0 Å². The standard InChI is InChI=1S/C12H19NO3/c1-9-4-5-12(16-9)11(14)7-13-10-3-2-6-15-8-10/h4-5,10-11,13-14H,2-3,6-8H2,1H3. The molecule has 2 rings (SSSR count). The van der Waals surface area contributed by atoms with Crippen LogP contribution in [0.15, 0.2) is 16.5 Å².